The van der Waals surface area contributed by atoms with Crippen LogP contribution in [0.1, 0.15) is 85.8 Å². The Kier molecular flexibility index (Phi) is 26.0. The van der Waals surface area contributed by atoms with Gasteiger partial charge in [-0.05, 0) is 56.2 Å². The van der Waals surface area contributed by atoms with Gasteiger partial charge in [0, 0.05) is 0 Å². The lowest BCUT2D eigenvalue weighted by atomic mass is 10.1. The second-order valence-electron chi connectivity index (χ2n) is 6.06. The Bertz CT molecular complexity index is 683. The number of phenolic OH excluding ortho intramolecular Hbond substituents is 2. The van der Waals surface area contributed by atoms with Crippen LogP contribution in [0.2, 0.25) is 0 Å². The van der Waals surface area contributed by atoms with E-state index < -0.39 is 0 Å². The van der Waals surface area contributed by atoms with Gasteiger partial charge in [0.15, 0.2) is 17.3 Å². The van der Waals surface area contributed by atoms with Crippen LogP contribution in [0.5, 0.6) is 17.2 Å². The van der Waals surface area contributed by atoms with E-state index in [4.69, 9.17) is 9.84 Å². The number of ether oxygens (including phenoxy) is 1. The molecule has 0 aliphatic rings. The maximum atomic E-state index is 10.8. The van der Waals surface area contributed by atoms with Gasteiger partial charge in [0.25, 0.3) is 0 Å². The van der Waals surface area contributed by atoms with E-state index in [1.54, 1.807) is 36.4 Å². The first-order chi connectivity index (χ1) is 15.4. The first kappa shape index (κ1) is 33.9. The van der Waals surface area contributed by atoms with Gasteiger partial charge < -0.3 is 14.9 Å². The normalized spacial score (nSPS) is 8.91. The summed E-state index contributed by atoms with van der Waals surface area (Å²) in [5, 5.41) is 18.4. The van der Waals surface area contributed by atoms with Crippen molar-refractivity contribution in [2.24, 2.45) is 0 Å². The number of phenols is 2. The van der Waals surface area contributed by atoms with Crippen LogP contribution in [-0.2, 0) is 4.79 Å². The molecule has 0 atom stereocenters. The van der Waals surface area contributed by atoms with Gasteiger partial charge in [-0.3, -0.25) is 4.79 Å². The summed E-state index contributed by atoms with van der Waals surface area (Å²) in [7, 11) is 0. The molecule has 32 heavy (non-hydrogen) atoms. The third kappa shape index (κ3) is 19.2. The standard InChI is InChI=1S/C15H20O3.C7H8O.3C2H6/c1-3-4-5-10-18-15-11-13(7-6-12(2)16)8-9-14(15)17;1-6-2-4-7(8)5-3-6;3*1-2/h6-9,11,17H,3-5,10H2,1-2H3;2-5,8H,1H3;3*1-2H3/b7-6+;;;;. The number of carbonyl (C=O) groups excluding carboxylic acids is 1. The number of rotatable bonds is 7. The first-order valence-corrected chi connectivity index (χ1v) is 11.8. The number of carbonyl (C=O) groups is 1. The Balaban J connectivity index is -0.000000499. The van der Waals surface area contributed by atoms with Crippen molar-refractivity contribution in [1.82, 2.24) is 0 Å². The average molecular weight is 447 g/mol. The van der Waals surface area contributed by atoms with E-state index in [9.17, 15) is 9.90 Å². The molecule has 0 bridgehead atoms. The predicted octanol–water partition coefficient (Wildman–Crippen LogP) is 8.34. The van der Waals surface area contributed by atoms with Crippen molar-refractivity contribution in [3.63, 3.8) is 0 Å². The fourth-order valence-corrected chi connectivity index (χ4v) is 2.04. The van der Waals surface area contributed by atoms with Gasteiger partial charge in [0.2, 0.25) is 0 Å². The molecule has 0 aliphatic carbocycles. The molecule has 0 fully saturated rings. The van der Waals surface area contributed by atoms with E-state index >= 15 is 0 Å². The molecular weight excluding hydrogens is 400 g/mol. The van der Waals surface area contributed by atoms with Crippen LogP contribution < -0.4 is 4.74 Å². The van der Waals surface area contributed by atoms with E-state index in [-0.39, 0.29) is 11.5 Å². The highest BCUT2D eigenvalue weighted by Gasteiger charge is 2.02. The Labute approximate surface area is 197 Å². The Morgan fingerprint density at radius 3 is 1.94 bits per heavy atom. The summed E-state index contributed by atoms with van der Waals surface area (Å²) in [4.78, 5) is 10.8. The lowest BCUT2D eigenvalue weighted by Crippen LogP contribution is -1.97. The summed E-state index contributed by atoms with van der Waals surface area (Å²) in [5.74, 6) is 0.923. The molecule has 2 rings (SSSR count). The van der Waals surface area contributed by atoms with Crippen LogP contribution in [0.4, 0.5) is 0 Å². The lowest BCUT2D eigenvalue weighted by molar-refractivity contribution is -0.112. The fourth-order valence-electron chi connectivity index (χ4n) is 2.04. The van der Waals surface area contributed by atoms with Crippen molar-refractivity contribution < 1.29 is 19.7 Å². The highest BCUT2D eigenvalue weighted by Crippen LogP contribution is 2.27. The molecule has 0 aliphatic heterocycles. The van der Waals surface area contributed by atoms with Crippen molar-refractivity contribution >= 4 is 11.9 Å². The molecule has 0 aromatic heterocycles. The number of hydrogen-bond donors (Lipinski definition) is 2. The minimum atomic E-state index is -0.00603. The van der Waals surface area contributed by atoms with Crippen LogP contribution in [0.25, 0.3) is 6.08 Å². The van der Waals surface area contributed by atoms with Gasteiger partial charge in [-0.1, -0.05) is 91.1 Å². The molecule has 0 heterocycles. The fraction of sp³-hybridized carbons (Fsp3) is 0.464. The van der Waals surface area contributed by atoms with Crippen molar-refractivity contribution in [2.75, 3.05) is 6.61 Å². The molecule has 182 valence electrons. The van der Waals surface area contributed by atoms with Crippen molar-refractivity contribution in [3.8, 4) is 17.2 Å². The zero-order valence-corrected chi connectivity index (χ0v) is 21.7. The summed E-state index contributed by atoms with van der Waals surface area (Å²) in [5.41, 5.74) is 2.01. The van der Waals surface area contributed by atoms with Crippen LogP contribution >= 0.6 is 0 Å². The number of aromatic hydroxyl groups is 2. The third-order valence-corrected chi connectivity index (χ3v) is 3.53. The predicted molar refractivity (Wildman–Crippen MR) is 140 cm³/mol. The zero-order valence-electron chi connectivity index (χ0n) is 21.7. The van der Waals surface area contributed by atoms with Gasteiger partial charge in [-0.2, -0.15) is 0 Å². The minimum absolute atomic E-state index is 0.00603. The van der Waals surface area contributed by atoms with Crippen molar-refractivity contribution in [1.29, 1.82) is 0 Å². The van der Waals surface area contributed by atoms with Gasteiger partial charge in [-0.15, -0.1) is 0 Å². The average Bonchev–Trinajstić information content (AvgIpc) is 2.83. The number of benzene rings is 2. The van der Waals surface area contributed by atoms with E-state index in [0.717, 1.165) is 24.8 Å². The summed E-state index contributed by atoms with van der Waals surface area (Å²) in [6.07, 6.45) is 6.43. The number of unbranched alkanes of at least 4 members (excludes halogenated alkanes) is 2. The Morgan fingerprint density at radius 2 is 1.47 bits per heavy atom. The molecule has 2 aromatic rings. The summed E-state index contributed by atoms with van der Waals surface area (Å²) >= 11 is 0. The van der Waals surface area contributed by atoms with Gasteiger partial charge in [-0.25, -0.2) is 0 Å². The topological polar surface area (TPSA) is 66.8 Å². The van der Waals surface area contributed by atoms with E-state index in [1.807, 2.05) is 60.6 Å². The molecule has 0 amide bonds. The molecule has 0 saturated carbocycles. The maximum absolute atomic E-state index is 10.8. The Hall–Kier alpha value is -2.75. The molecule has 0 unspecified atom stereocenters. The van der Waals surface area contributed by atoms with Gasteiger partial charge in [0.05, 0.1) is 6.61 Å². The van der Waals surface area contributed by atoms with Crippen LogP contribution in [0.3, 0.4) is 0 Å². The highest BCUT2D eigenvalue weighted by molar-refractivity contribution is 5.91. The van der Waals surface area contributed by atoms with Gasteiger partial charge in [0.1, 0.15) is 5.75 Å². The van der Waals surface area contributed by atoms with Crippen LogP contribution in [0.15, 0.2) is 48.5 Å². The molecular formula is C28H46O4. The molecule has 2 N–H and O–H groups in total. The third-order valence-electron chi connectivity index (χ3n) is 3.53. The second-order valence-corrected chi connectivity index (χ2v) is 6.06. The number of allylic oxidation sites excluding steroid dienone is 1. The Morgan fingerprint density at radius 1 is 0.906 bits per heavy atom. The number of hydrogen-bond acceptors (Lipinski definition) is 4. The number of aryl methyl sites for hydroxylation is 1. The molecule has 4 nitrogen and oxygen atoms in total. The monoisotopic (exact) mass is 446 g/mol. The SMILES string of the molecule is CC.CC.CC.CCCCCOc1cc(/C=C/C(C)=O)ccc1O.Cc1ccc(O)cc1. The quantitative estimate of drug-likeness (QED) is 0.331. The van der Waals surface area contributed by atoms with Crippen LogP contribution in [-0.4, -0.2) is 22.6 Å². The number of ketones is 1. The van der Waals surface area contributed by atoms with E-state index in [0.29, 0.717) is 18.1 Å². The lowest BCUT2D eigenvalue weighted by Gasteiger charge is -2.08. The molecule has 2 aromatic carbocycles. The highest BCUT2D eigenvalue weighted by atomic mass is 16.5. The van der Waals surface area contributed by atoms with E-state index in [2.05, 4.69) is 6.92 Å². The van der Waals surface area contributed by atoms with Gasteiger partial charge >= 0.3 is 0 Å². The second kappa shape index (κ2) is 24.5. The largest absolute Gasteiger partial charge is 0.508 e. The van der Waals surface area contributed by atoms with Crippen molar-refractivity contribution in [2.45, 2.75) is 81.6 Å². The summed E-state index contributed by atoms with van der Waals surface area (Å²) in [6.45, 7) is 18.2. The molecule has 4 heteroatoms. The summed E-state index contributed by atoms with van der Waals surface area (Å²) in [6, 6.07) is 12.2. The zero-order chi connectivity index (χ0) is 25.4. The molecule has 0 saturated heterocycles. The van der Waals surface area contributed by atoms with E-state index in [1.165, 1.54) is 18.6 Å². The first-order valence-electron chi connectivity index (χ1n) is 11.8. The molecule has 0 spiro atoms. The maximum Gasteiger partial charge on any atom is 0.161 e. The summed E-state index contributed by atoms with van der Waals surface area (Å²) < 4.78 is 5.52. The van der Waals surface area contributed by atoms with Crippen molar-refractivity contribution in [3.05, 3.63) is 59.7 Å². The smallest absolute Gasteiger partial charge is 0.161 e. The van der Waals surface area contributed by atoms with Crippen LogP contribution in [0, 0.1) is 6.92 Å². The minimum Gasteiger partial charge on any atom is -0.508 e. The molecule has 0 radical (unpaired) electrons.